The standard InChI is InChI=1S/C9H18O2/c1-7(2)4-3-5-8-9(6-10)11-8/h7-10H,3-6H2,1-2H3/t8-,9+/m0/s1. The smallest absolute Gasteiger partial charge is 0.107 e. The van der Waals surface area contributed by atoms with E-state index in [1.54, 1.807) is 0 Å². The summed E-state index contributed by atoms with van der Waals surface area (Å²) in [5.41, 5.74) is 0. The minimum absolute atomic E-state index is 0.169. The summed E-state index contributed by atoms with van der Waals surface area (Å²) in [6.45, 7) is 4.67. The van der Waals surface area contributed by atoms with Crippen molar-refractivity contribution >= 4 is 0 Å². The lowest BCUT2D eigenvalue weighted by atomic mass is 10.0. The van der Waals surface area contributed by atoms with Crippen molar-refractivity contribution in [3.8, 4) is 0 Å². The Morgan fingerprint density at radius 1 is 1.36 bits per heavy atom. The molecule has 1 saturated heterocycles. The van der Waals surface area contributed by atoms with Gasteiger partial charge in [0.1, 0.15) is 6.10 Å². The Kier molecular flexibility index (Phi) is 3.34. The topological polar surface area (TPSA) is 32.8 Å². The maximum Gasteiger partial charge on any atom is 0.107 e. The summed E-state index contributed by atoms with van der Waals surface area (Å²) in [5, 5.41) is 8.66. The molecular weight excluding hydrogens is 140 g/mol. The van der Waals surface area contributed by atoms with Gasteiger partial charge < -0.3 is 9.84 Å². The van der Waals surface area contributed by atoms with Gasteiger partial charge in [0, 0.05) is 0 Å². The van der Waals surface area contributed by atoms with E-state index in [2.05, 4.69) is 13.8 Å². The maximum absolute atomic E-state index is 8.66. The highest BCUT2D eigenvalue weighted by Gasteiger charge is 2.36. The molecule has 2 nitrogen and oxygen atoms in total. The van der Waals surface area contributed by atoms with Crippen LogP contribution in [0.3, 0.4) is 0 Å². The monoisotopic (exact) mass is 158 g/mol. The third-order valence-electron chi connectivity index (χ3n) is 2.14. The van der Waals surface area contributed by atoms with Crippen molar-refractivity contribution in [1.82, 2.24) is 0 Å². The Morgan fingerprint density at radius 3 is 2.55 bits per heavy atom. The largest absolute Gasteiger partial charge is 0.394 e. The van der Waals surface area contributed by atoms with Gasteiger partial charge in [-0.25, -0.2) is 0 Å². The van der Waals surface area contributed by atoms with Gasteiger partial charge in [-0.2, -0.15) is 0 Å². The summed E-state index contributed by atoms with van der Waals surface area (Å²) in [5.74, 6) is 0.793. The lowest BCUT2D eigenvalue weighted by Crippen LogP contribution is -1.99. The van der Waals surface area contributed by atoms with Gasteiger partial charge in [-0.05, 0) is 12.3 Å². The van der Waals surface area contributed by atoms with E-state index < -0.39 is 0 Å². The first kappa shape index (κ1) is 9.01. The summed E-state index contributed by atoms with van der Waals surface area (Å²) in [4.78, 5) is 0. The summed E-state index contributed by atoms with van der Waals surface area (Å²) in [6, 6.07) is 0. The van der Waals surface area contributed by atoms with Crippen LogP contribution in [-0.4, -0.2) is 23.9 Å². The molecule has 0 saturated carbocycles. The molecule has 1 aliphatic heterocycles. The van der Waals surface area contributed by atoms with Crippen LogP contribution >= 0.6 is 0 Å². The van der Waals surface area contributed by atoms with Crippen LogP contribution in [0.1, 0.15) is 33.1 Å². The summed E-state index contributed by atoms with van der Waals surface area (Å²) in [6.07, 6.45) is 4.18. The molecular formula is C9H18O2. The van der Waals surface area contributed by atoms with Crippen LogP contribution < -0.4 is 0 Å². The van der Waals surface area contributed by atoms with Gasteiger partial charge in [-0.1, -0.05) is 26.7 Å². The van der Waals surface area contributed by atoms with Gasteiger partial charge in [0.15, 0.2) is 0 Å². The fourth-order valence-electron chi connectivity index (χ4n) is 1.32. The molecule has 0 unspecified atom stereocenters. The molecule has 0 bridgehead atoms. The highest BCUT2D eigenvalue weighted by molar-refractivity contribution is 4.83. The van der Waals surface area contributed by atoms with Crippen molar-refractivity contribution < 1.29 is 9.84 Å². The lowest BCUT2D eigenvalue weighted by molar-refractivity contribution is 0.241. The fraction of sp³-hybridized carbons (Fsp3) is 1.00. The quantitative estimate of drug-likeness (QED) is 0.616. The number of aliphatic hydroxyl groups is 1. The minimum Gasteiger partial charge on any atom is -0.394 e. The van der Waals surface area contributed by atoms with E-state index >= 15 is 0 Å². The van der Waals surface area contributed by atoms with Gasteiger partial charge in [-0.3, -0.25) is 0 Å². The van der Waals surface area contributed by atoms with Crippen LogP contribution in [0.4, 0.5) is 0 Å². The van der Waals surface area contributed by atoms with E-state index in [0.29, 0.717) is 6.10 Å². The van der Waals surface area contributed by atoms with E-state index in [-0.39, 0.29) is 12.7 Å². The van der Waals surface area contributed by atoms with E-state index in [4.69, 9.17) is 9.84 Å². The molecule has 0 aromatic carbocycles. The van der Waals surface area contributed by atoms with Gasteiger partial charge >= 0.3 is 0 Å². The van der Waals surface area contributed by atoms with Crippen molar-refractivity contribution in [1.29, 1.82) is 0 Å². The van der Waals surface area contributed by atoms with Gasteiger partial charge in [-0.15, -0.1) is 0 Å². The molecule has 0 amide bonds. The van der Waals surface area contributed by atoms with Crippen LogP contribution in [0.25, 0.3) is 0 Å². The molecule has 1 aliphatic rings. The number of hydrogen-bond donors (Lipinski definition) is 1. The van der Waals surface area contributed by atoms with Gasteiger partial charge in [0.25, 0.3) is 0 Å². The molecule has 0 radical (unpaired) electrons. The van der Waals surface area contributed by atoms with Crippen molar-refractivity contribution in [2.24, 2.45) is 5.92 Å². The molecule has 1 heterocycles. The average Bonchev–Trinajstić information content (AvgIpc) is 2.66. The lowest BCUT2D eigenvalue weighted by Gasteiger charge is -2.01. The Morgan fingerprint density at radius 2 is 2.09 bits per heavy atom. The molecule has 0 aromatic heterocycles. The van der Waals surface area contributed by atoms with Crippen LogP contribution in [0, 0.1) is 5.92 Å². The number of ether oxygens (including phenoxy) is 1. The predicted octanol–water partition coefficient (Wildman–Crippen LogP) is 1.57. The summed E-state index contributed by atoms with van der Waals surface area (Å²) >= 11 is 0. The third kappa shape index (κ3) is 3.21. The maximum atomic E-state index is 8.66. The van der Waals surface area contributed by atoms with Crippen LogP contribution in [0.2, 0.25) is 0 Å². The molecule has 0 aromatic rings. The number of hydrogen-bond acceptors (Lipinski definition) is 2. The molecule has 11 heavy (non-hydrogen) atoms. The molecule has 0 spiro atoms. The van der Waals surface area contributed by atoms with E-state index in [1.165, 1.54) is 12.8 Å². The second-order valence-electron chi connectivity index (χ2n) is 3.72. The van der Waals surface area contributed by atoms with Crippen LogP contribution in [0.15, 0.2) is 0 Å². The van der Waals surface area contributed by atoms with E-state index in [1.807, 2.05) is 0 Å². The van der Waals surface area contributed by atoms with Crippen molar-refractivity contribution in [3.63, 3.8) is 0 Å². The highest BCUT2D eigenvalue weighted by atomic mass is 16.6. The number of epoxide rings is 1. The van der Waals surface area contributed by atoms with E-state index in [0.717, 1.165) is 12.3 Å². The zero-order chi connectivity index (χ0) is 8.27. The molecule has 2 atom stereocenters. The SMILES string of the molecule is CC(C)CCC[C@@H]1O[C@@H]1CO. The highest BCUT2D eigenvalue weighted by Crippen LogP contribution is 2.26. The van der Waals surface area contributed by atoms with Crippen molar-refractivity contribution in [2.45, 2.75) is 45.3 Å². The molecule has 66 valence electrons. The van der Waals surface area contributed by atoms with Crippen LogP contribution in [0.5, 0.6) is 0 Å². The first-order valence-corrected chi connectivity index (χ1v) is 4.50. The Bertz CT molecular complexity index is 112. The summed E-state index contributed by atoms with van der Waals surface area (Å²) in [7, 11) is 0. The molecule has 1 fully saturated rings. The molecule has 0 aliphatic carbocycles. The summed E-state index contributed by atoms with van der Waals surface area (Å²) < 4.78 is 5.20. The second-order valence-corrected chi connectivity index (χ2v) is 3.72. The minimum atomic E-state index is 0.169. The predicted molar refractivity (Wildman–Crippen MR) is 44.4 cm³/mol. The Hall–Kier alpha value is -0.0800. The number of aliphatic hydroxyl groups excluding tert-OH is 1. The first-order valence-electron chi connectivity index (χ1n) is 4.50. The fourth-order valence-corrected chi connectivity index (χ4v) is 1.32. The van der Waals surface area contributed by atoms with Crippen LogP contribution in [-0.2, 0) is 4.74 Å². The Labute approximate surface area is 68.6 Å². The molecule has 1 N–H and O–H groups in total. The molecule has 1 rings (SSSR count). The first-order chi connectivity index (χ1) is 5.24. The third-order valence-corrected chi connectivity index (χ3v) is 2.14. The zero-order valence-electron chi connectivity index (χ0n) is 7.42. The number of rotatable bonds is 5. The average molecular weight is 158 g/mol. The van der Waals surface area contributed by atoms with Crippen molar-refractivity contribution in [2.75, 3.05) is 6.61 Å². The van der Waals surface area contributed by atoms with Gasteiger partial charge in [0.05, 0.1) is 12.7 Å². The molecule has 2 heteroatoms. The zero-order valence-corrected chi connectivity index (χ0v) is 7.42. The van der Waals surface area contributed by atoms with E-state index in [9.17, 15) is 0 Å². The Balaban J connectivity index is 1.90. The van der Waals surface area contributed by atoms with Gasteiger partial charge in [0.2, 0.25) is 0 Å². The second kappa shape index (κ2) is 4.07. The normalized spacial score (nSPS) is 29.5. The van der Waals surface area contributed by atoms with Crippen molar-refractivity contribution in [3.05, 3.63) is 0 Å².